The molecule has 0 bridgehead atoms. The van der Waals surface area contributed by atoms with E-state index in [0.717, 1.165) is 0 Å². The van der Waals surface area contributed by atoms with E-state index in [9.17, 15) is 18.0 Å². The number of esters is 1. The number of nitrogens with one attached hydrogen (secondary N) is 1. The third kappa shape index (κ3) is 6.08. The number of sulfonamides is 1. The van der Waals surface area contributed by atoms with Crippen LogP contribution in [0.1, 0.15) is 43.6 Å². The highest BCUT2D eigenvalue weighted by molar-refractivity contribution is 7.89. The number of aryl methyl sites for hydroxylation is 1. The number of carbonyl (C=O) groups is 2. The molecule has 0 heterocycles. The number of hydrogen-bond acceptors (Lipinski definition) is 6. The zero-order valence-electron chi connectivity index (χ0n) is 19.0. The Kier molecular flexibility index (Phi) is 8.80. The lowest BCUT2D eigenvalue weighted by atomic mass is 10.1. The van der Waals surface area contributed by atoms with Crippen LogP contribution in [0.25, 0.3) is 0 Å². The average Bonchev–Trinajstić information content (AvgIpc) is 2.76. The molecule has 8 nitrogen and oxygen atoms in total. The van der Waals surface area contributed by atoms with Gasteiger partial charge in [0.25, 0.3) is 5.91 Å². The second-order valence-electron chi connectivity index (χ2n) is 7.06. The average molecular weight is 463 g/mol. The predicted octanol–water partition coefficient (Wildman–Crippen LogP) is 3.61. The summed E-state index contributed by atoms with van der Waals surface area (Å²) in [4.78, 5) is 25.1. The first-order chi connectivity index (χ1) is 15.1. The minimum atomic E-state index is -3.75. The number of ether oxygens (including phenoxy) is 2. The Bertz CT molecular complexity index is 1050. The van der Waals surface area contributed by atoms with Gasteiger partial charge in [0.15, 0.2) is 6.10 Å². The molecule has 0 saturated carbocycles. The van der Waals surface area contributed by atoms with Gasteiger partial charge in [0.1, 0.15) is 5.75 Å². The highest BCUT2D eigenvalue weighted by Gasteiger charge is 2.26. The summed E-state index contributed by atoms with van der Waals surface area (Å²) in [5.41, 5.74) is 1.11. The molecule has 1 unspecified atom stereocenters. The summed E-state index contributed by atoms with van der Waals surface area (Å²) in [5.74, 6) is -0.610. The summed E-state index contributed by atoms with van der Waals surface area (Å²) in [7, 11) is -3.75. The molecule has 0 aliphatic carbocycles. The maximum Gasteiger partial charge on any atom is 0.338 e. The van der Waals surface area contributed by atoms with Crippen LogP contribution < -0.4 is 10.1 Å². The fourth-order valence-electron chi connectivity index (χ4n) is 3.03. The van der Waals surface area contributed by atoms with Crippen molar-refractivity contribution in [3.8, 4) is 5.75 Å². The van der Waals surface area contributed by atoms with Crippen molar-refractivity contribution in [3.05, 3.63) is 53.6 Å². The normalized spacial score (nSPS) is 12.3. The van der Waals surface area contributed by atoms with Crippen LogP contribution in [0.15, 0.2) is 47.4 Å². The van der Waals surface area contributed by atoms with Crippen molar-refractivity contribution in [3.63, 3.8) is 0 Å². The van der Waals surface area contributed by atoms with Gasteiger partial charge in [0.2, 0.25) is 10.0 Å². The topological polar surface area (TPSA) is 102 Å². The summed E-state index contributed by atoms with van der Waals surface area (Å²) in [5, 5.41) is 2.67. The lowest BCUT2D eigenvalue weighted by Crippen LogP contribution is -2.32. The Morgan fingerprint density at radius 2 is 1.66 bits per heavy atom. The number of benzene rings is 2. The number of hydrogen-bond donors (Lipinski definition) is 1. The minimum Gasteiger partial charge on any atom is -0.494 e. The van der Waals surface area contributed by atoms with Gasteiger partial charge in [-0.2, -0.15) is 4.31 Å². The van der Waals surface area contributed by atoms with Crippen LogP contribution in [0.2, 0.25) is 0 Å². The lowest BCUT2D eigenvalue weighted by molar-refractivity contribution is -0.123. The number of rotatable bonds is 10. The molecule has 32 heavy (non-hydrogen) atoms. The molecule has 0 aliphatic heterocycles. The van der Waals surface area contributed by atoms with E-state index in [1.807, 2.05) is 6.92 Å². The predicted molar refractivity (Wildman–Crippen MR) is 122 cm³/mol. The second kappa shape index (κ2) is 11.1. The molecule has 1 amide bonds. The van der Waals surface area contributed by atoms with Crippen molar-refractivity contribution in [1.29, 1.82) is 0 Å². The summed E-state index contributed by atoms with van der Waals surface area (Å²) in [6.45, 7) is 9.66. The van der Waals surface area contributed by atoms with E-state index in [-0.39, 0.29) is 10.5 Å². The van der Waals surface area contributed by atoms with E-state index in [1.165, 1.54) is 23.4 Å². The van der Waals surface area contributed by atoms with Gasteiger partial charge < -0.3 is 14.8 Å². The Morgan fingerprint density at radius 3 is 2.22 bits per heavy atom. The SMILES string of the molecule is CCOc1ccc(NC(=O)C(C)OC(=O)c2ccc(C)c(S(=O)(=O)N(CC)CC)c2)cc1. The Balaban J connectivity index is 2.12. The van der Waals surface area contributed by atoms with Crippen LogP contribution in [0.4, 0.5) is 5.69 Å². The molecule has 1 atom stereocenters. The van der Waals surface area contributed by atoms with Gasteiger partial charge in [0.05, 0.1) is 17.1 Å². The van der Waals surface area contributed by atoms with E-state index >= 15 is 0 Å². The van der Waals surface area contributed by atoms with Gasteiger partial charge in [-0.25, -0.2) is 13.2 Å². The number of anilines is 1. The molecule has 0 fully saturated rings. The van der Waals surface area contributed by atoms with Crippen LogP contribution in [0.3, 0.4) is 0 Å². The fraction of sp³-hybridized carbons (Fsp3) is 0.391. The molecule has 174 valence electrons. The Hall–Kier alpha value is -2.91. The van der Waals surface area contributed by atoms with Crippen LogP contribution in [-0.2, 0) is 19.6 Å². The van der Waals surface area contributed by atoms with Crippen molar-refractivity contribution >= 4 is 27.6 Å². The zero-order chi connectivity index (χ0) is 23.9. The second-order valence-corrected chi connectivity index (χ2v) is 8.97. The van der Waals surface area contributed by atoms with E-state index in [1.54, 1.807) is 51.1 Å². The molecule has 0 spiro atoms. The Labute approximate surface area is 189 Å². The van der Waals surface area contributed by atoms with Gasteiger partial charge in [-0.1, -0.05) is 19.9 Å². The summed E-state index contributed by atoms with van der Waals surface area (Å²) >= 11 is 0. The van der Waals surface area contributed by atoms with Crippen LogP contribution in [-0.4, -0.2) is 50.4 Å². The molecule has 2 aromatic carbocycles. The maximum absolute atomic E-state index is 12.9. The fourth-order valence-corrected chi connectivity index (χ4v) is 4.74. The molecule has 0 saturated heterocycles. The highest BCUT2D eigenvalue weighted by atomic mass is 32.2. The summed E-state index contributed by atoms with van der Waals surface area (Å²) < 4.78 is 37.7. The quantitative estimate of drug-likeness (QED) is 0.541. The van der Waals surface area contributed by atoms with Gasteiger partial charge >= 0.3 is 5.97 Å². The van der Waals surface area contributed by atoms with Crippen LogP contribution >= 0.6 is 0 Å². The first kappa shape index (κ1) is 25.4. The number of nitrogens with zero attached hydrogens (tertiary/aromatic N) is 1. The molecule has 2 rings (SSSR count). The van der Waals surface area contributed by atoms with Crippen molar-refractivity contribution in [2.75, 3.05) is 25.0 Å². The summed E-state index contributed by atoms with van der Waals surface area (Å²) in [6.07, 6.45) is -1.08. The van der Waals surface area contributed by atoms with Gasteiger partial charge in [-0.3, -0.25) is 4.79 Å². The first-order valence-electron chi connectivity index (χ1n) is 10.5. The third-order valence-electron chi connectivity index (χ3n) is 4.83. The van der Waals surface area contributed by atoms with Gasteiger partial charge in [-0.15, -0.1) is 0 Å². The summed E-state index contributed by atoms with van der Waals surface area (Å²) in [6, 6.07) is 11.1. The van der Waals surface area contributed by atoms with Crippen molar-refractivity contribution in [1.82, 2.24) is 4.31 Å². The van der Waals surface area contributed by atoms with Gasteiger partial charge in [-0.05, 0) is 62.7 Å². The van der Waals surface area contributed by atoms with Crippen molar-refractivity contribution in [2.24, 2.45) is 0 Å². The van der Waals surface area contributed by atoms with Gasteiger partial charge in [0, 0.05) is 18.8 Å². The van der Waals surface area contributed by atoms with Crippen molar-refractivity contribution < 1.29 is 27.5 Å². The molecule has 1 N–H and O–H groups in total. The molecule has 0 aliphatic rings. The molecular weight excluding hydrogens is 432 g/mol. The smallest absolute Gasteiger partial charge is 0.338 e. The third-order valence-corrected chi connectivity index (χ3v) is 7.02. The zero-order valence-corrected chi connectivity index (χ0v) is 19.9. The molecule has 2 aromatic rings. The molecular formula is C23H30N2O6S. The van der Waals surface area contributed by atoms with Crippen LogP contribution in [0, 0.1) is 6.92 Å². The van der Waals surface area contributed by atoms with E-state index in [4.69, 9.17) is 9.47 Å². The van der Waals surface area contributed by atoms with Crippen molar-refractivity contribution in [2.45, 2.75) is 45.6 Å². The van der Waals surface area contributed by atoms with E-state index < -0.39 is 28.0 Å². The monoisotopic (exact) mass is 462 g/mol. The largest absolute Gasteiger partial charge is 0.494 e. The lowest BCUT2D eigenvalue weighted by Gasteiger charge is -2.20. The highest BCUT2D eigenvalue weighted by Crippen LogP contribution is 2.22. The van der Waals surface area contributed by atoms with Crippen LogP contribution in [0.5, 0.6) is 5.75 Å². The Morgan fingerprint density at radius 1 is 1.03 bits per heavy atom. The van der Waals surface area contributed by atoms with E-state index in [2.05, 4.69) is 5.32 Å². The number of carbonyl (C=O) groups excluding carboxylic acids is 2. The number of amides is 1. The maximum atomic E-state index is 12.9. The molecule has 0 radical (unpaired) electrons. The van der Waals surface area contributed by atoms with E-state index in [0.29, 0.717) is 36.7 Å². The molecule has 9 heteroatoms. The molecule has 0 aromatic heterocycles. The minimum absolute atomic E-state index is 0.0437. The standard InChI is InChI=1S/C23H30N2O6S/c1-6-25(7-2)32(28,29)21-15-18(10-9-16(21)4)23(27)31-17(5)22(26)24-19-11-13-20(14-12-19)30-8-3/h9-15,17H,6-8H2,1-5H3,(H,24,26). The first-order valence-corrected chi connectivity index (χ1v) is 11.9.